The van der Waals surface area contributed by atoms with Crippen LogP contribution in [0.4, 0.5) is 5.69 Å². The molecule has 0 spiro atoms. The third-order valence-electron chi connectivity index (χ3n) is 3.71. The highest BCUT2D eigenvalue weighted by Crippen LogP contribution is 2.33. The molecule has 0 aliphatic heterocycles. The van der Waals surface area contributed by atoms with Crippen LogP contribution in [0.1, 0.15) is 23.0 Å². The van der Waals surface area contributed by atoms with E-state index in [2.05, 4.69) is 9.98 Å². The number of fused-ring (bicyclic) bond motifs is 1. The van der Waals surface area contributed by atoms with Gasteiger partial charge in [-0.25, -0.2) is 9.79 Å². The van der Waals surface area contributed by atoms with Crippen LogP contribution in [-0.4, -0.2) is 22.7 Å². The molecule has 0 aliphatic rings. The molecule has 4 nitrogen and oxygen atoms in total. The molecule has 0 aliphatic carbocycles. The van der Waals surface area contributed by atoms with Crippen LogP contribution in [-0.2, 0) is 11.2 Å². The van der Waals surface area contributed by atoms with Gasteiger partial charge >= 0.3 is 5.97 Å². The normalized spacial score (nSPS) is 11.8. The van der Waals surface area contributed by atoms with Gasteiger partial charge in [-0.15, -0.1) is 0 Å². The number of hydrogen-bond acceptors (Lipinski definition) is 3. The quantitative estimate of drug-likeness (QED) is 0.405. The third-order valence-corrected chi connectivity index (χ3v) is 4.41. The average molecular weight is 410 g/mol. The molecule has 0 atom stereocenters. The summed E-state index contributed by atoms with van der Waals surface area (Å²) in [5.41, 5.74) is 2.34. The lowest BCUT2D eigenvalue weighted by atomic mass is 10.1. The smallest absolute Gasteiger partial charge is 0.357 e. The van der Waals surface area contributed by atoms with Crippen molar-refractivity contribution in [3.8, 4) is 0 Å². The molecule has 3 rings (SSSR count). The lowest BCUT2D eigenvalue weighted by molar-refractivity contribution is 0.0521. The first-order valence-corrected chi connectivity index (χ1v) is 9.07. The number of nitrogens with one attached hydrogen (secondary N) is 1. The Kier molecular flexibility index (Phi) is 5.87. The van der Waals surface area contributed by atoms with Gasteiger partial charge in [0.15, 0.2) is 5.69 Å². The first-order chi connectivity index (χ1) is 12.5. The van der Waals surface area contributed by atoms with E-state index in [0.29, 0.717) is 32.8 Å². The third kappa shape index (κ3) is 4.21. The summed E-state index contributed by atoms with van der Waals surface area (Å²) in [7, 11) is 0. The van der Waals surface area contributed by atoms with Crippen LogP contribution >= 0.6 is 34.8 Å². The Hall–Kier alpha value is -2.01. The molecule has 0 saturated carbocycles. The zero-order chi connectivity index (χ0) is 18.7. The Morgan fingerprint density at radius 2 is 1.81 bits per heavy atom. The average Bonchev–Trinajstić information content (AvgIpc) is 2.94. The number of H-pyrrole nitrogens is 1. The highest BCUT2D eigenvalue weighted by atomic mass is 35.5. The van der Waals surface area contributed by atoms with Gasteiger partial charge in [-0.05, 0) is 42.8 Å². The van der Waals surface area contributed by atoms with E-state index in [-0.39, 0.29) is 12.3 Å². The van der Waals surface area contributed by atoms with Crippen LogP contribution in [0.15, 0.2) is 47.5 Å². The summed E-state index contributed by atoms with van der Waals surface area (Å²) in [6.07, 6.45) is 0.418. The minimum Gasteiger partial charge on any atom is -0.461 e. The van der Waals surface area contributed by atoms with Crippen LogP contribution in [0.25, 0.3) is 10.9 Å². The lowest BCUT2D eigenvalue weighted by Crippen LogP contribution is -2.05. The first kappa shape index (κ1) is 18.8. The van der Waals surface area contributed by atoms with Crippen molar-refractivity contribution < 1.29 is 9.53 Å². The fraction of sp³-hybridized carbons (Fsp3) is 0.158. The number of hydrogen-bond donors (Lipinski definition) is 1. The Balaban J connectivity index is 2.02. The fourth-order valence-electron chi connectivity index (χ4n) is 2.55. The maximum absolute atomic E-state index is 12.3. The van der Waals surface area contributed by atoms with Gasteiger partial charge in [-0.1, -0.05) is 46.9 Å². The summed E-state index contributed by atoms with van der Waals surface area (Å²) in [6, 6.07) is 12.6. The zero-order valence-electron chi connectivity index (χ0n) is 13.9. The molecule has 0 saturated heterocycles. The number of nitrogens with zero attached hydrogens (tertiary/aromatic N) is 1. The van der Waals surface area contributed by atoms with Crippen molar-refractivity contribution >= 4 is 62.5 Å². The summed E-state index contributed by atoms with van der Waals surface area (Å²) < 4.78 is 5.11. The number of halogens is 3. The number of aromatic amines is 1. The maximum Gasteiger partial charge on any atom is 0.357 e. The Morgan fingerprint density at radius 1 is 1.12 bits per heavy atom. The molecule has 26 heavy (non-hydrogen) atoms. The van der Waals surface area contributed by atoms with Gasteiger partial charge in [0.1, 0.15) is 10.9 Å². The predicted molar refractivity (Wildman–Crippen MR) is 107 cm³/mol. The first-order valence-electron chi connectivity index (χ1n) is 7.93. The van der Waals surface area contributed by atoms with Gasteiger partial charge in [0, 0.05) is 27.4 Å². The molecule has 1 aromatic heterocycles. The van der Waals surface area contributed by atoms with Crippen molar-refractivity contribution in [3.63, 3.8) is 0 Å². The van der Waals surface area contributed by atoms with Crippen molar-refractivity contribution in [3.05, 3.63) is 63.8 Å². The summed E-state index contributed by atoms with van der Waals surface area (Å²) in [4.78, 5) is 19.8. The number of carbonyl (C=O) groups is 1. The molecular weight excluding hydrogens is 395 g/mol. The van der Waals surface area contributed by atoms with Crippen LogP contribution in [0, 0.1) is 0 Å². The number of aliphatic imine (C=N–C) groups is 1. The van der Waals surface area contributed by atoms with Crippen LogP contribution in [0.2, 0.25) is 10.0 Å². The second-order valence-corrected chi connectivity index (χ2v) is 6.86. The molecule has 1 N–H and O–H groups in total. The van der Waals surface area contributed by atoms with Gasteiger partial charge in [-0.2, -0.15) is 0 Å². The monoisotopic (exact) mass is 408 g/mol. The van der Waals surface area contributed by atoms with E-state index in [1.165, 1.54) is 0 Å². The van der Waals surface area contributed by atoms with Gasteiger partial charge in [-0.3, -0.25) is 0 Å². The van der Waals surface area contributed by atoms with Crippen LogP contribution in [0.3, 0.4) is 0 Å². The van der Waals surface area contributed by atoms with Gasteiger partial charge in [0.2, 0.25) is 0 Å². The molecule has 0 radical (unpaired) electrons. The van der Waals surface area contributed by atoms with Crippen molar-refractivity contribution in [1.29, 1.82) is 0 Å². The molecule has 0 bridgehead atoms. The number of aromatic nitrogens is 1. The maximum atomic E-state index is 12.3. The molecule has 3 aromatic rings. The van der Waals surface area contributed by atoms with E-state index < -0.39 is 5.97 Å². The van der Waals surface area contributed by atoms with Crippen molar-refractivity contribution in [2.75, 3.05) is 6.61 Å². The minimum absolute atomic E-state index is 0.248. The van der Waals surface area contributed by atoms with Crippen molar-refractivity contribution in [1.82, 2.24) is 4.98 Å². The highest BCUT2D eigenvalue weighted by molar-refractivity contribution is 6.66. The van der Waals surface area contributed by atoms with Gasteiger partial charge in [0.25, 0.3) is 0 Å². The lowest BCUT2D eigenvalue weighted by Gasteiger charge is -2.03. The highest BCUT2D eigenvalue weighted by Gasteiger charge is 2.19. The standard InChI is InChI=1S/C19H15Cl3N2O2/c1-2-26-19(25)18-17(14-8-7-13(21)10-15(14)23-18)24-16(22)9-11-3-5-12(20)6-4-11/h3-8,10,23H,2,9H2,1H3. The minimum atomic E-state index is -0.491. The van der Waals surface area contributed by atoms with E-state index in [0.717, 1.165) is 10.9 Å². The fourth-order valence-corrected chi connectivity index (χ4v) is 3.09. The molecule has 2 aromatic carbocycles. The summed E-state index contributed by atoms with van der Waals surface area (Å²) in [5.74, 6) is -0.491. The van der Waals surface area contributed by atoms with Crippen LogP contribution < -0.4 is 0 Å². The summed E-state index contributed by atoms with van der Waals surface area (Å²) in [6.45, 7) is 2.00. The second kappa shape index (κ2) is 8.12. The summed E-state index contributed by atoms with van der Waals surface area (Å²) in [5, 5.41) is 2.29. The van der Waals surface area contributed by atoms with Crippen molar-refractivity contribution in [2.45, 2.75) is 13.3 Å². The second-order valence-electron chi connectivity index (χ2n) is 5.55. The number of esters is 1. The number of rotatable bonds is 5. The van der Waals surface area contributed by atoms with Gasteiger partial charge in [0.05, 0.1) is 6.61 Å². The SMILES string of the molecule is CCOC(=O)c1[nH]c2cc(Cl)ccc2c1N=C(Cl)Cc1ccc(Cl)cc1. The molecule has 7 heteroatoms. The number of ether oxygens (including phenoxy) is 1. The predicted octanol–water partition coefficient (Wildman–Crippen LogP) is 6.16. The number of carbonyl (C=O) groups excluding carboxylic acids is 1. The molecule has 0 amide bonds. The van der Waals surface area contributed by atoms with E-state index in [4.69, 9.17) is 39.5 Å². The Labute approximate surface area is 165 Å². The molecular formula is C19H15Cl3N2O2. The van der Waals surface area contributed by atoms with Gasteiger partial charge < -0.3 is 9.72 Å². The van der Waals surface area contributed by atoms with Crippen LogP contribution in [0.5, 0.6) is 0 Å². The topological polar surface area (TPSA) is 54.5 Å². The van der Waals surface area contributed by atoms with E-state index >= 15 is 0 Å². The molecule has 0 fully saturated rings. The Morgan fingerprint density at radius 3 is 2.50 bits per heavy atom. The van der Waals surface area contributed by atoms with Crippen molar-refractivity contribution in [2.24, 2.45) is 4.99 Å². The van der Waals surface area contributed by atoms with E-state index in [1.807, 2.05) is 12.1 Å². The van der Waals surface area contributed by atoms with E-state index in [9.17, 15) is 4.79 Å². The Bertz CT molecular complexity index is 978. The zero-order valence-corrected chi connectivity index (χ0v) is 16.1. The summed E-state index contributed by atoms with van der Waals surface area (Å²) >= 11 is 18.3. The largest absolute Gasteiger partial charge is 0.461 e. The molecule has 1 heterocycles. The number of benzene rings is 2. The molecule has 0 unspecified atom stereocenters. The molecule has 134 valence electrons. The van der Waals surface area contributed by atoms with E-state index in [1.54, 1.807) is 37.3 Å².